The first-order chi connectivity index (χ1) is 12.0. The molecule has 1 saturated carbocycles. The fraction of sp³-hybridized carbons (Fsp3) is 0.389. The highest BCUT2D eigenvalue weighted by atomic mass is 32.1. The lowest BCUT2D eigenvalue weighted by Gasteiger charge is -2.38. The van der Waals surface area contributed by atoms with Crippen LogP contribution in [0.15, 0.2) is 29.8 Å². The van der Waals surface area contributed by atoms with E-state index in [1.807, 2.05) is 6.07 Å². The molecule has 1 aliphatic carbocycles. The number of hydrogen-bond acceptors (Lipinski definition) is 6. The number of nitrogens with one attached hydrogen (secondary N) is 1. The van der Waals surface area contributed by atoms with Gasteiger partial charge in [0.25, 0.3) is 5.91 Å². The van der Waals surface area contributed by atoms with E-state index in [4.69, 9.17) is 4.74 Å². The number of aliphatic hydroxyl groups is 1. The van der Waals surface area contributed by atoms with Gasteiger partial charge in [0.2, 0.25) is 5.88 Å². The maximum Gasteiger partial charge on any atom is 0.252 e. The summed E-state index contributed by atoms with van der Waals surface area (Å²) < 4.78 is 5.07. The Labute approximate surface area is 149 Å². The van der Waals surface area contributed by atoms with E-state index in [2.05, 4.69) is 10.3 Å². The summed E-state index contributed by atoms with van der Waals surface area (Å²) in [4.78, 5) is 28.8. The van der Waals surface area contributed by atoms with Crippen LogP contribution in [0.25, 0.3) is 0 Å². The zero-order valence-corrected chi connectivity index (χ0v) is 14.9. The first kappa shape index (κ1) is 17.6. The second-order valence-electron chi connectivity index (χ2n) is 6.23. The first-order valence-electron chi connectivity index (χ1n) is 8.06. The summed E-state index contributed by atoms with van der Waals surface area (Å²) in [5.74, 6) is 0.375. The summed E-state index contributed by atoms with van der Waals surface area (Å²) in [6.07, 6.45) is 2.64. The van der Waals surface area contributed by atoms with Crippen LogP contribution >= 0.6 is 11.3 Å². The molecular formula is C18H20N2O4S. The molecule has 2 aromatic rings. The molecule has 1 amide bonds. The predicted octanol–water partition coefficient (Wildman–Crippen LogP) is 2.60. The summed E-state index contributed by atoms with van der Waals surface area (Å²) >= 11 is 1.26. The molecule has 2 heterocycles. The summed E-state index contributed by atoms with van der Waals surface area (Å²) in [6.45, 7) is 1.48. The van der Waals surface area contributed by atoms with Crippen molar-refractivity contribution in [1.29, 1.82) is 0 Å². The van der Waals surface area contributed by atoms with E-state index in [1.165, 1.54) is 18.3 Å². The summed E-state index contributed by atoms with van der Waals surface area (Å²) in [5, 5.41) is 14.3. The Bertz CT molecular complexity index is 766. The number of hydrogen-bond donors (Lipinski definition) is 2. The largest absolute Gasteiger partial charge is 0.481 e. The standard InChI is InChI=1S/C18H20N2O4S/c1-10(21)15-7-13(9-25-15)18(23)20-17(12-5-14(22)6-12)11-3-4-16(24-2)19-8-11/h3-4,7-9,12,14,17,22H,5-6H2,1-2H3,(H,20,23)/t12?,14?,17-/m1/s1. The van der Waals surface area contributed by atoms with E-state index in [0.717, 1.165) is 5.56 Å². The number of pyridine rings is 1. The van der Waals surface area contributed by atoms with Crippen molar-refractivity contribution in [3.05, 3.63) is 45.8 Å². The molecule has 0 radical (unpaired) electrons. The zero-order valence-electron chi connectivity index (χ0n) is 14.1. The Morgan fingerprint density at radius 2 is 2.16 bits per heavy atom. The monoisotopic (exact) mass is 360 g/mol. The molecular weight excluding hydrogens is 340 g/mol. The van der Waals surface area contributed by atoms with Crippen LogP contribution in [0.1, 0.15) is 51.4 Å². The van der Waals surface area contributed by atoms with Crippen molar-refractivity contribution in [1.82, 2.24) is 10.3 Å². The van der Waals surface area contributed by atoms with Gasteiger partial charge in [0, 0.05) is 17.6 Å². The number of carbonyl (C=O) groups is 2. The Kier molecular flexibility index (Phi) is 5.15. The summed E-state index contributed by atoms with van der Waals surface area (Å²) in [6, 6.07) is 4.99. The molecule has 132 valence electrons. The van der Waals surface area contributed by atoms with Gasteiger partial charge in [0.15, 0.2) is 5.78 Å². The third-order valence-corrected chi connectivity index (χ3v) is 5.47. The lowest BCUT2D eigenvalue weighted by molar-refractivity contribution is 0.0234. The van der Waals surface area contributed by atoms with Gasteiger partial charge in [-0.05, 0) is 37.3 Å². The molecule has 2 aromatic heterocycles. The van der Waals surface area contributed by atoms with Crippen LogP contribution in [-0.4, -0.2) is 35.0 Å². The van der Waals surface area contributed by atoms with E-state index in [1.54, 1.807) is 30.8 Å². The van der Waals surface area contributed by atoms with Gasteiger partial charge in [-0.25, -0.2) is 4.98 Å². The minimum Gasteiger partial charge on any atom is -0.481 e. The van der Waals surface area contributed by atoms with Crippen LogP contribution in [0, 0.1) is 5.92 Å². The van der Waals surface area contributed by atoms with Crippen LogP contribution in [0.3, 0.4) is 0 Å². The number of thiophene rings is 1. The minimum absolute atomic E-state index is 0.0536. The molecule has 1 atom stereocenters. The van der Waals surface area contributed by atoms with Crippen molar-refractivity contribution in [2.45, 2.75) is 31.9 Å². The maximum atomic E-state index is 12.6. The Balaban J connectivity index is 1.79. The Morgan fingerprint density at radius 1 is 1.40 bits per heavy atom. The van der Waals surface area contributed by atoms with Gasteiger partial charge >= 0.3 is 0 Å². The maximum absolute atomic E-state index is 12.6. The third kappa shape index (κ3) is 3.88. The van der Waals surface area contributed by atoms with Gasteiger partial charge in [-0.1, -0.05) is 6.07 Å². The van der Waals surface area contributed by atoms with Gasteiger partial charge < -0.3 is 15.2 Å². The van der Waals surface area contributed by atoms with E-state index in [9.17, 15) is 14.7 Å². The number of carbonyl (C=O) groups excluding carboxylic acids is 2. The van der Waals surface area contributed by atoms with Crippen molar-refractivity contribution in [3.63, 3.8) is 0 Å². The molecule has 0 bridgehead atoms. The first-order valence-corrected chi connectivity index (χ1v) is 8.94. The van der Waals surface area contributed by atoms with E-state index in [-0.39, 0.29) is 29.8 Å². The van der Waals surface area contributed by atoms with E-state index >= 15 is 0 Å². The van der Waals surface area contributed by atoms with E-state index < -0.39 is 0 Å². The number of aliphatic hydroxyl groups excluding tert-OH is 1. The quantitative estimate of drug-likeness (QED) is 0.773. The molecule has 2 N–H and O–H groups in total. The highest BCUT2D eigenvalue weighted by Gasteiger charge is 2.36. The second-order valence-corrected chi connectivity index (χ2v) is 7.14. The smallest absolute Gasteiger partial charge is 0.252 e. The topological polar surface area (TPSA) is 88.5 Å². The minimum atomic E-state index is -0.318. The molecule has 0 spiro atoms. The van der Waals surface area contributed by atoms with Crippen LogP contribution in [0.5, 0.6) is 5.88 Å². The normalized spacial score (nSPS) is 20.4. The van der Waals surface area contributed by atoms with Gasteiger partial charge in [-0.3, -0.25) is 9.59 Å². The Hall–Kier alpha value is -2.25. The van der Waals surface area contributed by atoms with Crippen LogP contribution < -0.4 is 10.1 Å². The zero-order chi connectivity index (χ0) is 18.0. The predicted molar refractivity (Wildman–Crippen MR) is 94.1 cm³/mol. The molecule has 7 heteroatoms. The molecule has 6 nitrogen and oxygen atoms in total. The molecule has 0 aliphatic heterocycles. The molecule has 25 heavy (non-hydrogen) atoms. The number of ether oxygens (including phenoxy) is 1. The van der Waals surface area contributed by atoms with Crippen LogP contribution in [-0.2, 0) is 0 Å². The molecule has 0 aromatic carbocycles. The SMILES string of the molecule is COc1ccc([C@@H](NC(=O)c2csc(C(C)=O)c2)C2CC(O)C2)cn1. The average molecular weight is 360 g/mol. The number of rotatable bonds is 6. The highest BCUT2D eigenvalue weighted by Crippen LogP contribution is 2.38. The summed E-state index contributed by atoms with van der Waals surface area (Å²) in [5.41, 5.74) is 1.34. The fourth-order valence-electron chi connectivity index (χ4n) is 2.94. The number of methoxy groups -OCH3 is 1. The third-order valence-electron chi connectivity index (χ3n) is 4.44. The van der Waals surface area contributed by atoms with Crippen molar-refractivity contribution in [3.8, 4) is 5.88 Å². The number of ketones is 1. The highest BCUT2D eigenvalue weighted by molar-refractivity contribution is 7.12. The van der Waals surface area contributed by atoms with Gasteiger partial charge in [0.1, 0.15) is 0 Å². The van der Waals surface area contributed by atoms with Gasteiger partial charge in [0.05, 0.1) is 29.7 Å². The number of nitrogens with zero attached hydrogens (tertiary/aromatic N) is 1. The van der Waals surface area contributed by atoms with Crippen molar-refractivity contribution >= 4 is 23.0 Å². The number of Topliss-reactive ketones (excluding diaryl/α,β-unsaturated/α-hetero) is 1. The molecule has 1 fully saturated rings. The van der Waals surface area contributed by atoms with Crippen LogP contribution in [0.4, 0.5) is 0 Å². The molecule has 0 saturated heterocycles. The molecule has 1 aliphatic rings. The van der Waals surface area contributed by atoms with Gasteiger partial charge in [-0.2, -0.15) is 0 Å². The number of aromatic nitrogens is 1. The summed E-state index contributed by atoms with van der Waals surface area (Å²) in [7, 11) is 1.55. The van der Waals surface area contributed by atoms with Crippen molar-refractivity contribution in [2.24, 2.45) is 5.92 Å². The lowest BCUT2D eigenvalue weighted by atomic mass is 9.75. The van der Waals surface area contributed by atoms with E-state index in [0.29, 0.717) is 29.2 Å². The number of amides is 1. The average Bonchev–Trinajstić information content (AvgIpc) is 3.08. The second kappa shape index (κ2) is 7.33. The molecule has 0 unspecified atom stereocenters. The molecule has 3 rings (SSSR count). The van der Waals surface area contributed by atoms with Crippen molar-refractivity contribution in [2.75, 3.05) is 7.11 Å². The fourth-order valence-corrected chi connectivity index (χ4v) is 3.73. The Morgan fingerprint density at radius 3 is 2.68 bits per heavy atom. The van der Waals surface area contributed by atoms with Gasteiger partial charge in [-0.15, -0.1) is 11.3 Å². The lowest BCUT2D eigenvalue weighted by Crippen LogP contribution is -2.41. The van der Waals surface area contributed by atoms with Crippen molar-refractivity contribution < 1.29 is 19.4 Å². The van der Waals surface area contributed by atoms with Crippen LogP contribution in [0.2, 0.25) is 0 Å².